The molecule has 1 unspecified atom stereocenters. The molecule has 0 aliphatic carbocycles. The Balaban J connectivity index is 2.17. The van der Waals surface area contributed by atoms with Crippen LogP contribution in [0.2, 0.25) is 0 Å². The fourth-order valence-corrected chi connectivity index (χ4v) is 2.33. The third kappa shape index (κ3) is 3.37. The minimum absolute atomic E-state index is 0.214. The van der Waals surface area contributed by atoms with Gasteiger partial charge in [-0.1, -0.05) is 15.9 Å². The van der Waals surface area contributed by atoms with Crippen molar-refractivity contribution in [2.75, 3.05) is 7.05 Å². The number of rotatable bonds is 6. The van der Waals surface area contributed by atoms with Gasteiger partial charge in [0.2, 0.25) is 0 Å². The molecule has 0 aliphatic heterocycles. The first-order valence-corrected chi connectivity index (χ1v) is 7.41. The Morgan fingerprint density at radius 1 is 1.45 bits per heavy atom. The van der Waals surface area contributed by atoms with Gasteiger partial charge in [-0.25, -0.2) is 9.67 Å². The number of nitrogens with one attached hydrogen (secondary N) is 1. The van der Waals surface area contributed by atoms with Crippen LogP contribution in [0.5, 0.6) is 5.75 Å². The summed E-state index contributed by atoms with van der Waals surface area (Å²) in [5, 5.41) is 7.37. The van der Waals surface area contributed by atoms with Crippen molar-refractivity contribution in [3.8, 4) is 5.75 Å². The number of halogens is 1. The Morgan fingerprint density at radius 3 is 2.95 bits per heavy atom. The monoisotopic (exact) mass is 338 g/mol. The molecule has 108 valence electrons. The Labute approximate surface area is 127 Å². The Hall–Kier alpha value is -1.40. The molecule has 0 radical (unpaired) electrons. The van der Waals surface area contributed by atoms with Crippen molar-refractivity contribution in [1.29, 1.82) is 0 Å². The van der Waals surface area contributed by atoms with Gasteiger partial charge < -0.3 is 10.1 Å². The largest absolute Gasteiger partial charge is 0.485 e. The summed E-state index contributed by atoms with van der Waals surface area (Å²) in [4.78, 5) is 4.22. The van der Waals surface area contributed by atoms with E-state index in [-0.39, 0.29) is 6.04 Å². The molecule has 0 fully saturated rings. The molecule has 20 heavy (non-hydrogen) atoms. The van der Waals surface area contributed by atoms with Crippen molar-refractivity contribution in [3.05, 3.63) is 40.4 Å². The van der Waals surface area contributed by atoms with Crippen molar-refractivity contribution in [1.82, 2.24) is 20.1 Å². The highest BCUT2D eigenvalue weighted by Crippen LogP contribution is 2.28. The first-order valence-electron chi connectivity index (χ1n) is 6.62. The van der Waals surface area contributed by atoms with Crippen LogP contribution in [0.25, 0.3) is 0 Å². The molecule has 0 bridgehead atoms. The number of hydrogen-bond acceptors (Lipinski definition) is 4. The summed E-state index contributed by atoms with van der Waals surface area (Å²) in [7, 11) is 1.93. The zero-order chi connectivity index (χ0) is 14.5. The van der Waals surface area contributed by atoms with Crippen LogP contribution >= 0.6 is 15.9 Å². The average molecular weight is 339 g/mol. The summed E-state index contributed by atoms with van der Waals surface area (Å²) in [6.45, 7) is 5.34. The lowest BCUT2D eigenvalue weighted by molar-refractivity contribution is 0.282. The summed E-state index contributed by atoms with van der Waals surface area (Å²) >= 11 is 3.50. The topological polar surface area (TPSA) is 52.0 Å². The number of ether oxygens (including phenoxy) is 1. The molecule has 6 heteroatoms. The predicted molar refractivity (Wildman–Crippen MR) is 81.6 cm³/mol. The van der Waals surface area contributed by atoms with Crippen molar-refractivity contribution in [3.63, 3.8) is 0 Å². The number of nitrogens with zero attached hydrogens (tertiary/aromatic N) is 3. The zero-order valence-electron chi connectivity index (χ0n) is 11.9. The fourth-order valence-electron chi connectivity index (χ4n) is 1.95. The fraction of sp³-hybridized carbons (Fsp3) is 0.429. The molecule has 0 saturated heterocycles. The maximum atomic E-state index is 5.92. The number of hydrogen-bond donors (Lipinski definition) is 1. The van der Waals surface area contributed by atoms with E-state index < -0.39 is 0 Å². The maximum absolute atomic E-state index is 5.92. The van der Waals surface area contributed by atoms with E-state index in [2.05, 4.69) is 44.3 Å². The van der Waals surface area contributed by atoms with E-state index in [1.54, 1.807) is 6.33 Å². The third-order valence-electron chi connectivity index (χ3n) is 3.22. The van der Waals surface area contributed by atoms with Crippen molar-refractivity contribution < 1.29 is 4.74 Å². The Kier molecular flexibility index (Phi) is 5.14. The van der Waals surface area contributed by atoms with Crippen molar-refractivity contribution >= 4 is 15.9 Å². The lowest BCUT2D eigenvalue weighted by Crippen LogP contribution is -2.14. The highest BCUT2D eigenvalue weighted by atomic mass is 79.9. The van der Waals surface area contributed by atoms with Crippen molar-refractivity contribution in [2.24, 2.45) is 0 Å². The van der Waals surface area contributed by atoms with Crippen LogP contribution in [0.1, 0.15) is 31.3 Å². The van der Waals surface area contributed by atoms with E-state index in [9.17, 15) is 0 Å². The standard InChI is InChI=1S/C14H19BrN4O/c1-4-19-14(17-9-18-19)8-20-13-6-5-11(15)7-12(13)10(2)16-3/h5-7,9-10,16H,4,8H2,1-3H3. The van der Waals surface area contributed by atoms with E-state index in [4.69, 9.17) is 4.74 Å². The first-order chi connectivity index (χ1) is 9.65. The van der Waals surface area contributed by atoms with Gasteiger partial charge in [-0.3, -0.25) is 0 Å². The molecule has 5 nitrogen and oxygen atoms in total. The van der Waals surface area contributed by atoms with Crippen LogP contribution in [0.4, 0.5) is 0 Å². The smallest absolute Gasteiger partial charge is 0.164 e. The second-order valence-corrected chi connectivity index (χ2v) is 5.39. The zero-order valence-corrected chi connectivity index (χ0v) is 13.5. The van der Waals surface area contributed by atoms with Gasteiger partial charge in [-0.05, 0) is 39.1 Å². The van der Waals surface area contributed by atoms with E-state index in [0.29, 0.717) is 6.61 Å². The van der Waals surface area contributed by atoms with Gasteiger partial charge in [-0.15, -0.1) is 0 Å². The van der Waals surface area contributed by atoms with E-state index in [0.717, 1.165) is 28.2 Å². The lowest BCUT2D eigenvalue weighted by Gasteiger charge is -2.17. The van der Waals surface area contributed by atoms with Crippen molar-refractivity contribution in [2.45, 2.75) is 33.0 Å². The first kappa shape index (κ1) is 15.0. The third-order valence-corrected chi connectivity index (χ3v) is 3.72. The summed E-state index contributed by atoms with van der Waals surface area (Å²) < 4.78 is 8.79. The minimum Gasteiger partial charge on any atom is -0.485 e. The van der Waals surface area contributed by atoms with Crippen LogP contribution in [0, 0.1) is 0 Å². The second kappa shape index (κ2) is 6.85. The van der Waals surface area contributed by atoms with Gasteiger partial charge in [0.25, 0.3) is 0 Å². The molecule has 2 rings (SSSR count). The second-order valence-electron chi connectivity index (χ2n) is 4.47. The molecular formula is C14H19BrN4O. The van der Waals surface area contributed by atoms with Crippen LogP contribution < -0.4 is 10.1 Å². The number of aromatic nitrogens is 3. The molecule has 1 aromatic heterocycles. The molecule has 1 atom stereocenters. The Bertz CT molecular complexity index is 570. The van der Waals surface area contributed by atoms with Gasteiger partial charge >= 0.3 is 0 Å². The van der Waals surface area contributed by atoms with Gasteiger partial charge in [0.1, 0.15) is 18.7 Å². The quantitative estimate of drug-likeness (QED) is 0.879. The molecule has 0 amide bonds. The molecular weight excluding hydrogens is 320 g/mol. The normalized spacial score (nSPS) is 12.4. The van der Waals surface area contributed by atoms with E-state index in [1.165, 1.54) is 0 Å². The number of aryl methyl sites for hydroxylation is 1. The molecule has 0 spiro atoms. The van der Waals surface area contributed by atoms with Crippen LogP contribution in [-0.4, -0.2) is 21.8 Å². The molecule has 1 N–H and O–H groups in total. The summed E-state index contributed by atoms with van der Waals surface area (Å²) in [6.07, 6.45) is 1.56. The Morgan fingerprint density at radius 2 is 2.25 bits per heavy atom. The van der Waals surface area contributed by atoms with Crippen LogP contribution in [-0.2, 0) is 13.2 Å². The average Bonchev–Trinajstić information content (AvgIpc) is 2.92. The molecule has 1 heterocycles. The maximum Gasteiger partial charge on any atom is 0.164 e. The summed E-state index contributed by atoms with van der Waals surface area (Å²) in [5.41, 5.74) is 1.12. The highest BCUT2D eigenvalue weighted by molar-refractivity contribution is 9.10. The van der Waals surface area contributed by atoms with E-state index >= 15 is 0 Å². The lowest BCUT2D eigenvalue weighted by atomic mass is 10.1. The van der Waals surface area contributed by atoms with Crippen LogP contribution in [0.15, 0.2) is 29.0 Å². The van der Waals surface area contributed by atoms with Gasteiger partial charge in [-0.2, -0.15) is 5.10 Å². The molecule has 1 aromatic carbocycles. The SMILES string of the molecule is CCn1ncnc1COc1ccc(Br)cc1C(C)NC. The highest BCUT2D eigenvalue weighted by Gasteiger charge is 2.12. The molecule has 0 aliphatic rings. The van der Waals surface area contributed by atoms with Gasteiger partial charge in [0, 0.05) is 22.6 Å². The van der Waals surface area contributed by atoms with Gasteiger partial charge in [0.15, 0.2) is 5.82 Å². The van der Waals surface area contributed by atoms with Crippen LogP contribution in [0.3, 0.4) is 0 Å². The molecule has 0 saturated carbocycles. The van der Waals surface area contributed by atoms with Gasteiger partial charge in [0.05, 0.1) is 0 Å². The summed E-state index contributed by atoms with van der Waals surface area (Å²) in [6, 6.07) is 6.23. The predicted octanol–water partition coefficient (Wildman–Crippen LogP) is 2.92. The van der Waals surface area contributed by atoms with E-state index in [1.807, 2.05) is 30.8 Å². The number of benzene rings is 1. The summed E-state index contributed by atoms with van der Waals surface area (Å²) in [5.74, 6) is 1.69. The molecule has 2 aromatic rings. The minimum atomic E-state index is 0.214.